The van der Waals surface area contributed by atoms with Crippen molar-refractivity contribution in [3.63, 3.8) is 0 Å². The number of carbonyl (C=O) groups is 4. The number of rotatable bonds is 41. The maximum absolute atomic E-state index is 12.7. The lowest BCUT2D eigenvalue weighted by Crippen LogP contribution is -2.34. The lowest BCUT2D eigenvalue weighted by Gasteiger charge is -2.20. The maximum Gasteiger partial charge on any atom is 0.472 e. The summed E-state index contributed by atoms with van der Waals surface area (Å²) in [5.74, 6) is -2.84. The van der Waals surface area contributed by atoms with Crippen LogP contribution in [0.15, 0.2) is 48.6 Å². The van der Waals surface area contributed by atoms with Gasteiger partial charge in [0, 0.05) is 18.8 Å². The third-order valence-corrected chi connectivity index (χ3v) is 11.7. The number of carboxylic acids is 1. The normalized spacial score (nSPS) is 17.9. The van der Waals surface area contributed by atoms with Gasteiger partial charge >= 0.3 is 25.7 Å². The molecule has 0 heterocycles. The number of phosphoric acid groups is 1. The highest BCUT2D eigenvalue weighted by atomic mass is 31.2. The standard InChI is InChI=1S/C48H82NO12P/c1-3-5-7-8-9-10-11-12-13-14-15-16-17-18-19-20-21-22-28-32-47(53)61-42(38-59-62(56,57)60-39-44(49)48(54)55)37-58-46(52)31-27-24-23-26-29-40-33-36-45(51)43(40)35-34-41(50)30-25-6-4-2/h12-13,23,26,33-36,40-44,50H,3-11,14-22,24-25,27-32,37-39,49H2,1-2H3,(H,54,55)(H,56,57)/b13-12-,26-23-,35-34+/t40-,41-,42+,43+,44-/m0/s1. The van der Waals surface area contributed by atoms with Crippen molar-refractivity contribution in [3.8, 4) is 0 Å². The number of carbonyl (C=O) groups excluding carboxylic acids is 3. The first kappa shape index (κ1) is 57.1. The summed E-state index contributed by atoms with van der Waals surface area (Å²) in [7, 11) is -4.77. The predicted octanol–water partition coefficient (Wildman–Crippen LogP) is 10.6. The van der Waals surface area contributed by atoms with Crippen molar-refractivity contribution < 1.29 is 57.4 Å². The van der Waals surface area contributed by atoms with E-state index >= 15 is 0 Å². The van der Waals surface area contributed by atoms with Crippen LogP contribution >= 0.6 is 7.82 Å². The van der Waals surface area contributed by atoms with Crippen molar-refractivity contribution in [1.29, 1.82) is 0 Å². The summed E-state index contributed by atoms with van der Waals surface area (Å²) >= 11 is 0. The van der Waals surface area contributed by atoms with Crippen LogP contribution in [0.3, 0.4) is 0 Å². The summed E-state index contributed by atoms with van der Waals surface area (Å²) < 4.78 is 32.7. The summed E-state index contributed by atoms with van der Waals surface area (Å²) in [5.41, 5.74) is 5.34. The van der Waals surface area contributed by atoms with Gasteiger partial charge in [-0.25, -0.2) is 4.57 Å². The lowest BCUT2D eigenvalue weighted by atomic mass is 9.90. The zero-order valence-electron chi connectivity index (χ0n) is 38.1. The number of phosphoric ester groups is 1. The summed E-state index contributed by atoms with van der Waals surface area (Å²) in [5, 5.41) is 19.1. The van der Waals surface area contributed by atoms with E-state index < -0.39 is 63.8 Å². The highest BCUT2D eigenvalue weighted by molar-refractivity contribution is 7.47. The lowest BCUT2D eigenvalue weighted by molar-refractivity contribution is -0.161. The number of allylic oxidation sites excluding steroid dienone is 7. The van der Waals surface area contributed by atoms with E-state index in [9.17, 15) is 33.7 Å². The molecule has 0 aromatic carbocycles. The molecule has 1 aliphatic carbocycles. The molecule has 1 aliphatic rings. The van der Waals surface area contributed by atoms with Crippen LogP contribution in [0, 0.1) is 11.8 Å². The predicted molar refractivity (Wildman–Crippen MR) is 244 cm³/mol. The fourth-order valence-electron chi connectivity index (χ4n) is 6.93. The number of nitrogens with two attached hydrogens (primary N) is 1. The fraction of sp³-hybridized carbons (Fsp3) is 0.750. The molecule has 1 rings (SSSR count). The molecule has 0 saturated carbocycles. The van der Waals surface area contributed by atoms with Gasteiger partial charge in [0.2, 0.25) is 0 Å². The number of ketones is 1. The van der Waals surface area contributed by atoms with E-state index in [1.165, 1.54) is 70.6 Å². The van der Waals surface area contributed by atoms with Crippen molar-refractivity contribution in [2.75, 3.05) is 19.8 Å². The number of unbranched alkanes of at least 4 members (excludes halogenated alkanes) is 18. The van der Waals surface area contributed by atoms with Crippen LogP contribution in [0.1, 0.15) is 181 Å². The highest BCUT2D eigenvalue weighted by Crippen LogP contribution is 2.43. The van der Waals surface area contributed by atoms with E-state index in [1.54, 1.807) is 12.2 Å². The third-order valence-electron chi connectivity index (χ3n) is 10.8. The molecule has 1 unspecified atom stereocenters. The van der Waals surface area contributed by atoms with Gasteiger partial charge in [-0.3, -0.25) is 28.2 Å². The molecule has 14 heteroatoms. The molecule has 62 heavy (non-hydrogen) atoms. The summed E-state index contributed by atoms with van der Waals surface area (Å²) in [4.78, 5) is 58.6. The van der Waals surface area contributed by atoms with Gasteiger partial charge < -0.3 is 30.3 Å². The number of aliphatic hydroxyl groups excluding tert-OH is 1. The Balaban J connectivity index is 2.41. The Morgan fingerprint density at radius 3 is 1.89 bits per heavy atom. The second-order valence-corrected chi connectivity index (χ2v) is 18.0. The molecule has 0 saturated heterocycles. The molecular weight excluding hydrogens is 813 g/mol. The number of esters is 2. The zero-order valence-corrected chi connectivity index (χ0v) is 38.9. The summed E-state index contributed by atoms with van der Waals surface area (Å²) in [6.07, 6.45) is 39.4. The largest absolute Gasteiger partial charge is 0.480 e. The number of aliphatic carboxylic acids is 1. The number of hydrogen-bond acceptors (Lipinski definition) is 11. The minimum atomic E-state index is -4.77. The Hall–Kier alpha value is -2.93. The first-order valence-electron chi connectivity index (χ1n) is 23.7. The molecule has 13 nitrogen and oxygen atoms in total. The maximum atomic E-state index is 12.7. The van der Waals surface area contributed by atoms with Crippen molar-refractivity contribution in [3.05, 3.63) is 48.6 Å². The molecule has 5 N–H and O–H groups in total. The van der Waals surface area contributed by atoms with E-state index in [2.05, 4.69) is 30.5 Å². The number of aliphatic hydroxyl groups is 1. The van der Waals surface area contributed by atoms with Crippen LogP contribution in [0.5, 0.6) is 0 Å². The molecule has 0 spiro atoms. The minimum absolute atomic E-state index is 0.000184. The number of carboxylic acid groups (broad SMARTS) is 1. The van der Waals surface area contributed by atoms with Crippen LogP contribution in [0.4, 0.5) is 0 Å². The van der Waals surface area contributed by atoms with Crippen molar-refractivity contribution in [2.24, 2.45) is 17.6 Å². The molecule has 0 aromatic rings. The van der Waals surface area contributed by atoms with Gasteiger partial charge in [-0.1, -0.05) is 153 Å². The Bertz CT molecular complexity index is 1380. The van der Waals surface area contributed by atoms with Crippen LogP contribution in [-0.2, 0) is 42.3 Å². The van der Waals surface area contributed by atoms with Gasteiger partial charge in [0.1, 0.15) is 12.6 Å². The molecular formula is C48H82NO12P. The van der Waals surface area contributed by atoms with Crippen molar-refractivity contribution in [1.82, 2.24) is 0 Å². The average Bonchev–Trinajstić information content (AvgIpc) is 3.60. The molecule has 356 valence electrons. The SMILES string of the molecule is CCCCCCCC/C=C\CCCCCCCCCCCC(=O)O[C@H](COC(=O)CCC/C=C\C[C@H]1C=CC(=O)[C@@H]1/C=C/[C@@H](O)CCCCC)COP(=O)(O)OC[C@H](N)C(=O)O. The van der Waals surface area contributed by atoms with E-state index in [4.69, 9.17) is 24.8 Å². The minimum Gasteiger partial charge on any atom is -0.480 e. The third kappa shape index (κ3) is 31.8. The molecule has 0 amide bonds. The zero-order chi connectivity index (χ0) is 45.7. The van der Waals surface area contributed by atoms with Gasteiger partial charge in [-0.15, -0.1) is 0 Å². The molecule has 0 aromatic heterocycles. The first-order valence-corrected chi connectivity index (χ1v) is 25.2. The quantitative estimate of drug-likeness (QED) is 0.0195. The van der Waals surface area contributed by atoms with Gasteiger partial charge in [0.05, 0.1) is 19.3 Å². The summed E-state index contributed by atoms with van der Waals surface area (Å²) in [6, 6.07) is -1.55. The van der Waals surface area contributed by atoms with Crippen LogP contribution in [-0.4, -0.2) is 76.9 Å². The Kier molecular flexibility index (Phi) is 34.5. The van der Waals surface area contributed by atoms with Crippen LogP contribution in [0.25, 0.3) is 0 Å². The Morgan fingerprint density at radius 1 is 0.726 bits per heavy atom. The number of hydrogen-bond donors (Lipinski definition) is 4. The van der Waals surface area contributed by atoms with Gasteiger partial charge in [-0.05, 0) is 69.8 Å². The van der Waals surface area contributed by atoms with E-state index in [1.807, 2.05) is 24.3 Å². The molecule has 6 atom stereocenters. The Morgan fingerprint density at radius 2 is 1.26 bits per heavy atom. The van der Waals surface area contributed by atoms with E-state index in [-0.39, 0.29) is 30.5 Å². The average molecular weight is 896 g/mol. The Labute approximate surface area is 372 Å². The van der Waals surface area contributed by atoms with Gasteiger partial charge in [0.15, 0.2) is 11.9 Å². The number of ether oxygens (including phenoxy) is 2. The molecule has 0 bridgehead atoms. The van der Waals surface area contributed by atoms with E-state index in [0.29, 0.717) is 32.1 Å². The highest BCUT2D eigenvalue weighted by Gasteiger charge is 2.29. The van der Waals surface area contributed by atoms with Crippen molar-refractivity contribution in [2.45, 2.75) is 199 Å². The fourth-order valence-corrected chi connectivity index (χ4v) is 7.71. The molecule has 0 aliphatic heterocycles. The molecule has 0 fully saturated rings. The molecule has 0 radical (unpaired) electrons. The van der Waals surface area contributed by atoms with Crippen molar-refractivity contribution >= 4 is 31.5 Å². The smallest absolute Gasteiger partial charge is 0.472 e. The van der Waals surface area contributed by atoms with Gasteiger partial charge in [0.25, 0.3) is 0 Å². The van der Waals surface area contributed by atoms with E-state index in [0.717, 1.165) is 51.4 Å². The monoisotopic (exact) mass is 896 g/mol. The first-order chi connectivity index (χ1) is 29.9. The second-order valence-electron chi connectivity index (χ2n) is 16.5. The topological polar surface area (TPSA) is 209 Å². The summed E-state index contributed by atoms with van der Waals surface area (Å²) in [6.45, 7) is 2.51. The van der Waals surface area contributed by atoms with Crippen LogP contribution < -0.4 is 5.73 Å². The van der Waals surface area contributed by atoms with Gasteiger partial charge in [-0.2, -0.15) is 0 Å². The van der Waals surface area contributed by atoms with Crippen LogP contribution in [0.2, 0.25) is 0 Å². The second kappa shape index (κ2) is 37.4.